The maximum absolute atomic E-state index is 12.5. The third-order valence-electron chi connectivity index (χ3n) is 4.04. The number of thiophene rings is 1. The molecule has 0 radical (unpaired) electrons. The lowest BCUT2D eigenvalue weighted by Gasteiger charge is -2.32. The molecule has 0 aliphatic carbocycles. The van der Waals surface area contributed by atoms with Gasteiger partial charge in [-0.15, -0.1) is 11.3 Å². The minimum Gasteiger partial charge on any atom is -0.329 e. The van der Waals surface area contributed by atoms with Crippen LogP contribution in [0.1, 0.15) is 30.4 Å². The molecule has 0 spiro atoms. The summed E-state index contributed by atoms with van der Waals surface area (Å²) in [6.07, 6.45) is 3.55. The number of hydrogen-bond acceptors (Lipinski definition) is 4. The summed E-state index contributed by atoms with van der Waals surface area (Å²) in [4.78, 5) is 4.33. The van der Waals surface area contributed by atoms with Gasteiger partial charge < -0.3 is 4.57 Å². The fourth-order valence-electron chi connectivity index (χ4n) is 3.00. The minimum atomic E-state index is -3.30. The highest BCUT2D eigenvalue weighted by atomic mass is 32.2. The largest absolute Gasteiger partial charge is 0.329 e. The third-order valence-corrected chi connectivity index (χ3v) is 7.32. The van der Waals surface area contributed by atoms with Crippen LogP contribution in [-0.2, 0) is 10.0 Å². The van der Waals surface area contributed by atoms with Crippen LogP contribution >= 0.6 is 11.3 Å². The Morgan fingerprint density at radius 3 is 2.52 bits per heavy atom. The molecule has 0 atom stereocenters. The van der Waals surface area contributed by atoms with E-state index in [0.29, 0.717) is 23.3 Å². The maximum Gasteiger partial charge on any atom is 0.252 e. The molecule has 0 amide bonds. The van der Waals surface area contributed by atoms with Gasteiger partial charge in [-0.1, -0.05) is 6.07 Å². The molecule has 2 aromatic rings. The number of rotatable bonds is 3. The molecule has 3 heterocycles. The number of hydrogen-bond donors (Lipinski definition) is 0. The SMILES string of the molecule is Cc1cnc(C)n1C1CCN(S(=O)(=O)c2cccs2)CC1. The topological polar surface area (TPSA) is 55.2 Å². The fraction of sp³-hybridized carbons (Fsp3) is 0.500. The Balaban J connectivity index is 1.74. The van der Waals surface area contributed by atoms with Crippen LogP contribution in [0, 0.1) is 13.8 Å². The second-order valence-corrected chi connectivity index (χ2v) is 8.50. The van der Waals surface area contributed by atoms with Crippen LogP contribution in [0.3, 0.4) is 0 Å². The first kappa shape index (κ1) is 14.7. The molecule has 0 saturated carbocycles. The molecule has 5 nitrogen and oxygen atoms in total. The first-order chi connectivity index (χ1) is 10.00. The van der Waals surface area contributed by atoms with E-state index in [2.05, 4.69) is 16.5 Å². The Labute approximate surface area is 129 Å². The third kappa shape index (κ3) is 2.65. The van der Waals surface area contributed by atoms with Gasteiger partial charge in [-0.25, -0.2) is 13.4 Å². The normalized spacial score (nSPS) is 18.2. The Morgan fingerprint density at radius 2 is 2.00 bits per heavy atom. The van der Waals surface area contributed by atoms with E-state index >= 15 is 0 Å². The summed E-state index contributed by atoms with van der Waals surface area (Å²) < 4.78 is 29.3. The lowest BCUT2D eigenvalue weighted by molar-refractivity contribution is 0.270. The highest BCUT2D eigenvalue weighted by Crippen LogP contribution is 2.29. The monoisotopic (exact) mass is 325 g/mol. The zero-order valence-electron chi connectivity index (χ0n) is 12.2. The summed E-state index contributed by atoms with van der Waals surface area (Å²) in [6, 6.07) is 3.81. The number of aromatic nitrogens is 2. The second kappa shape index (κ2) is 5.55. The van der Waals surface area contributed by atoms with Gasteiger partial charge >= 0.3 is 0 Å². The number of nitrogens with zero attached hydrogens (tertiary/aromatic N) is 3. The van der Waals surface area contributed by atoms with Gasteiger partial charge in [0.1, 0.15) is 10.0 Å². The van der Waals surface area contributed by atoms with Crippen LogP contribution in [0.2, 0.25) is 0 Å². The molecule has 1 saturated heterocycles. The predicted octanol–water partition coefficient (Wildman–Crippen LogP) is 2.59. The van der Waals surface area contributed by atoms with Gasteiger partial charge in [-0.05, 0) is 38.1 Å². The van der Waals surface area contributed by atoms with Gasteiger partial charge in [0.15, 0.2) is 0 Å². The number of imidazole rings is 1. The van der Waals surface area contributed by atoms with Crippen molar-refractivity contribution in [1.82, 2.24) is 13.9 Å². The molecule has 0 bridgehead atoms. The molecule has 0 aromatic carbocycles. The number of sulfonamides is 1. The molecule has 0 N–H and O–H groups in total. The lowest BCUT2D eigenvalue weighted by atomic mass is 10.1. The number of aryl methyl sites for hydroxylation is 2. The molecule has 7 heteroatoms. The molecule has 1 fully saturated rings. The molecule has 21 heavy (non-hydrogen) atoms. The van der Waals surface area contributed by atoms with E-state index in [4.69, 9.17) is 0 Å². The molecule has 0 unspecified atom stereocenters. The minimum absolute atomic E-state index is 0.349. The van der Waals surface area contributed by atoms with Crippen molar-refractivity contribution < 1.29 is 8.42 Å². The molecule has 1 aliphatic heterocycles. The summed E-state index contributed by atoms with van der Waals surface area (Å²) in [5, 5.41) is 1.80. The van der Waals surface area contributed by atoms with Crippen molar-refractivity contribution in [3.63, 3.8) is 0 Å². The van der Waals surface area contributed by atoms with Gasteiger partial charge in [-0.3, -0.25) is 0 Å². The summed E-state index contributed by atoms with van der Waals surface area (Å²) >= 11 is 1.28. The van der Waals surface area contributed by atoms with E-state index in [9.17, 15) is 8.42 Å². The molecular formula is C14H19N3O2S2. The van der Waals surface area contributed by atoms with Crippen LogP contribution in [0.5, 0.6) is 0 Å². The average molecular weight is 325 g/mol. The van der Waals surface area contributed by atoms with Gasteiger partial charge in [-0.2, -0.15) is 4.31 Å². The van der Waals surface area contributed by atoms with Crippen molar-refractivity contribution in [2.45, 2.75) is 36.9 Å². The Bertz CT molecular complexity index is 692. The summed E-state index contributed by atoms with van der Waals surface area (Å²) in [5.41, 5.74) is 1.15. The Hall–Kier alpha value is -1.18. The fourth-order valence-corrected chi connectivity index (χ4v) is 5.61. The first-order valence-electron chi connectivity index (χ1n) is 7.04. The zero-order chi connectivity index (χ0) is 15.0. The van der Waals surface area contributed by atoms with Crippen LogP contribution in [0.25, 0.3) is 0 Å². The van der Waals surface area contributed by atoms with Gasteiger partial charge in [0, 0.05) is 31.0 Å². The van der Waals surface area contributed by atoms with E-state index in [1.54, 1.807) is 21.8 Å². The van der Waals surface area contributed by atoms with Crippen molar-refractivity contribution in [2.24, 2.45) is 0 Å². The first-order valence-corrected chi connectivity index (χ1v) is 9.36. The smallest absolute Gasteiger partial charge is 0.252 e. The number of piperidine rings is 1. The summed E-state index contributed by atoms with van der Waals surface area (Å²) in [5.74, 6) is 1.01. The zero-order valence-corrected chi connectivity index (χ0v) is 13.8. The van der Waals surface area contributed by atoms with Crippen LogP contribution < -0.4 is 0 Å². The van der Waals surface area contributed by atoms with E-state index in [1.165, 1.54) is 11.3 Å². The molecule has 114 valence electrons. The van der Waals surface area contributed by atoms with Crippen LogP contribution in [0.15, 0.2) is 27.9 Å². The van der Waals surface area contributed by atoms with Crippen LogP contribution in [0.4, 0.5) is 0 Å². The Kier molecular flexibility index (Phi) is 3.90. The molecule has 2 aromatic heterocycles. The van der Waals surface area contributed by atoms with E-state index < -0.39 is 10.0 Å². The average Bonchev–Trinajstić information content (AvgIpc) is 3.10. The standard InChI is InChI=1S/C14H19N3O2S2/c1-11-10-15-12(2)17(11)13-5-7-16(8-6-13)21(18,19)14-4-3-9-20-14/h3-4,9-10,13H,5-8H2,1-2H3. The molecule has 3 rings (SSSR count). The van der Waals surface area contributed by atoms with Crippen LogP contribution in [-0.4, -0.2) is 35.4 Å². The second-order valence-electron chi connectivity index (χ2n) is 5.38. The Morgan fingerprint density at radius 1 is 1.29 bits per heavy atom. The predicted molar refractivity (Wildman–Crippen MR) is 83.0 cm³/mol. The van der Waals surface area contributed by atoms with E-state index in [0.717, 1.165) is 24.4 Å². The van der Waals surface area contributed by atoms with Gasteiger partial charge in [0.05, 0.1) is 0 Å². The summed E-state index contributed by atoms with van der Waals surface area (Å²) in [6.45, 7) is 5.19. The van der Waals surface area contributed by atoms with E-state index in [1.807, 2.05) is 13.1 Å². The quantitative estimate of drug-likeness (QED) is 0.871. The lowest BCUT2D eigenvalue weighted by Crippen LogP contribution is -2.39. The van der Waals surface area contributed by atoms with Crippen molar-refractivity contribution in [1.29, 1.82) is 0 Å². The molecular weight excluding hydrogens is 306 g/mol. The summed E-state index contributed by atoms with van der Waals surface area (Å²) in [7, 11) is -3.30. The van der Waals surface area contributed by atoms with Crippen molar-refractivity contribution in [3.05, 3.63) is 35.2 Å². The highest BCUT2D eigenvalue weighted by molar-refractivity contribution is 7.91. The molecule has 1 aliphatic rings. The van der Waals surface area contributed by atoms with E-state index in [-0.39, 0.29) is 0 Å². The van der Waals surface area contributed by atoms with Gasteiger partial charge in [0.2, 0.25) is 0 Å². The van der Waals surface area contributed by atoms with Crippen molar-refractivity contribution >= 4 is 21.4 Å². The highest BCUT2D eigenvalue weighted by Gasteiger charge is 2.31. The van der Waals surface area contributed by atoms with Gasteiger partial charge in [0.25, 0.3) is 10.0 Å². The maximum atomic E-state index is 12.5. The van der Waals surface area contributed by atoms with Crippen molar-refractivity contribution in [3.8, 4) is 0 Å². The van der Waals surface area contributed by atoms with Crippen molar-refractivity contribution in [2.75, 3.05) is 13.1 Å².